The van der Waals surface area contributed by atoms with Gasteiger partial charge in [-0.05, 0) is 24.6 Å². The first-order chi connectivity index (χ1) is 6.09. The Morgan fingerprint density at radius 1 is 1.46 bits per heavy atom. The Hall–Kier alpha value is -1.23. The Bertz CT molecular complexity index is 474. The number of nitrogens with zero attached hydrogens (tertiary/aromatic N) is 2. The Kier molecular flexibility index (Phi) is 1.69. The van der Waals surface area contributed by atoms with Gasteiger partial charge in [0.15, 0.2) is 0 Å². The molecule has 0 aliphatic heterocycles. The number of benzene rings is 1. The van der Waals surface area contributed by atoms with Crippen molar-refractivity contribution in [1.82, 2.24) is 9.66 Å². The molecule has 0 atom stereocenters. The van der Waals surface area contributed by atoms with Crippen molar-refractivity contribution in [1.29, 1.82) is 0 Å². The molecule has 2 rings (SSSR count). The molecule has 13 heavy (non-hydrogen) atoms. The van der Waals surface area contributed by atoms with E-state index < -0.39 is 0 Å². The summed E-state index contributed by atoms with van der Waals surface area (Å²) in [5, 5.41) is 0. The predicted molar refractivity (Wildman–Crippen MR) is 56.7 cm³/mol. The zero-order chi connectivity index (χ0) is 9.59. The third-order valence-electron chi connectivity index (χ3n) is 1.98. The number of fused-ring (bicyclic) bond motifs is 1. The smallest absolute Gasteiger partial charge is 0.220 e. The van der Waals surface area contributed by atoms with Crippen molar-refractivity contribution in [3.63, 3.8) is 0 Å². The zero-order valence-electron chi connectivity index (χ0n) is 7.08. The predicted octanol–water partition coefficient (Wildman–Crippen LogP) is 1.40. The number of aryl methyl sites for hydroxylation is 1. The molecule has 0 unspecified atom stereocenters. The minimum Gasteiger partial charge on any atom is -0.368 e. The van der Waals surface area contributed by atoms with E-state index in [-0.39, 0.29) is 0 Å². The second-order valence-electron chi connectivity index (χ2n) is 2.93. The van der Waals surface area contributed by atoms with E-state index in [9.17, 15) is 0 Å². The summed E-state index contributed by atoms with van der Waals surface area (Å²) < 4.78 is 2.36. The van der Waals surface area contributed by atoms with Gasteiger partial charge in [0.2, 0.25) is 5.95 Å². The number of halogens is 1. The van der Waals surface area contributed by atoms with Crippen LogP contribution in [0.2, 0.25) is 0 Å². The third kappa shape index (κ3) is 1.16. The van der Waals surface area contributed by atoms with E-state index in [1.807, 2.05) is 19.1 Å². The molecule has 0 spiro atoms. The van der Waals surface area contributed by atoms with E-state index in [1.165, 1.54) is 4.68 Å². The monoisotopic (exact) mass is 240 g/mol. The molecule has 0 saturated carbocycles. The molecule has 4 nitrogen and oxygen atoms in total. The number of nitrogens with two attached hydrogens (primary N) is 2. The molecule has 1 heterocycles. The van der Waals surface area contributed by atoms with Gasteiger partial charge in [0.05, 0.1) is 11.0 Å². The van der Waals surface area contributed by atoms with E-state index in [0.717, 1.165) is 21.1 Å². The summed E-state index contributed by atoms with van der Waals surface area (Å²) in [6, 6.07) is 3.88. The topological polar surface area (TPSA) is 69.9 Å². The van der Waals surface area contributed by atoms with Crippen molar-refractivity contribution >= 4 is 32.9 Å². The number of anilines is 1. The molecule has 0 aliphatic carbocycles. The van der Waals surface area contributed by atoms with Crippen molar-refractivity contribution in [2.45, 2.75) is 6.92 Å². The maximum Gasteiger partial charge on any atom is 0.220 e. The summed E-state index contributed by atoms with van der Waals surface area (Å²) in [6.07, 6.45) is 0. The average Bonchev–Trinajstić information content (AvgIpc) is 2.32. The van der Waals surface area contributed by atoms with Gasteiger partial charge in [-0.1, -0.05) is 15.9 Å². The highest BCUT2D eigenvalue weighted by Gasteiger charge is 2.08. The molecule has 0 amide bonds. The van der Waals surface area contributed by atoms with Crippen LogP contribution in [0.5, 0.6) is 0 Å². The minimum absolute atomic E-state index is 0.330. The highest BCUT2D eigenvalue weighted by Crippen LogP contribution is 2.23. The highest BCUT2D eigenvalue weighted by atomic mass is 79.9. The number of rotatable bonds is 0. The van der Waals surface area contributed by atoms with Crippen LogP contribution in [0.3, 0.4) is 0 Å². The number of hydrogen-bond acceptors (Lipinski definition) is 3. The Morgan fingerprint density at radius 3 is 2.85 bits per heavy atom. The van der Waals surface area contributed by atoms with E-state index in [2.05, 4.69) is 20.9 Å². The maximum atomic E-state index is 5.68. The molecule has 4 N–H and O–H groups in total. The molecular formula is C8H9BrN4. The maximum absolute atomic E-state index is 5.68. The van der Waals surface area contributed by atoms with Crippen molar-refractivity contribution in [3.05, 3.63) is 22.2 Å². The van der Waals surface area contributed by atoms with Gasteiger partial charge in [0.25, 0.3) is 0 Å². The van der Waals surface area contributed by atoms with Gasteiger partial charge in [-0.3, -0.25) is 0 Å². The van der Waals surface area contributed by atoms with Crippen LogP contribution in [-0.4, -0.2) is 9.66 Å². The van der Waals surface area contributed by atoms with E-state index in [0.29, 0.717) is 5.95 Å². The molecule has 0 saturated heterocycles. The number of imidazole rings is 1. The second kappa shape index (κ2) is 2.63. The van der Waals surface area contributed by atoms with E-state index in [1.54, 1.807) is 0 Å². The molecule has 0 bridgehead atoms. The standard InChI is InChI=1S/C8H9BrN4/c1-4-2-5(9)3-6-7(4)12-8(10)13(6)11/h2-3H,11H2,1H3,(H2,10,12). The van der Waals surface area contributed by atoms with Crippen molar-refractivity contribution in [3.8, 4) is 0 Å². The molecule has 0 radical (unpaired) electrons. The number of hydrogen-bond donors (Lipinski definition) is 2. The third-order valence-corrected chi connectivity index (χ3v) is 2.44. The van der Waals surface area contributed by atoms with E-state index >= 15 is 0 Å². The lowest BCUT2D eigenvalue weighted by Gasteiger charge is -1.98. The Morgan fingerprint density at radius 2 is 2.15 bits per heavy atom. The summed E-state index contributed by atoms with van der Waals surface area (Å²) >= 11 is 3.39. The van der Waals surface area contributed by atoms with Gasteiger partial charge in [-0.2, -0.15) is 0 Å². The molecule has 68 valence electrons. The lowest BCUT2D eigenvalue weighted by Crippen LogP contribution is -2.11. The van der Waals surface area contributed by atoms with Crippen LogP contribution in [0.15, 0.2) is 16.6 Å². The lowest BCUT2D eigenvalue weighted by molar-refractivity contribution is 1.05. The highest BCUT2D eigenvalue weighted by molar-refractivity contribution is 9.10. The SMILES string of the molecule is Cc1cc(Br)cc2c1nc(N)n2N. The summed E-state index contributed by atoms with van der Waals surface area (Å²) in [6.45, 7) is 1.97. The zero-order valence-corrected chi connectivity index (χ0v) is 8.67. The molecule has 0 aliphatic rings. The Labute approximate surface area is 83.6 Å². The number of aromatic nitrogens is 2. The van der Waals surface area contributed by atoms with Gasteiger partial charge in [0.1, 0.15) is 0 Å². The van der Waals surface area contributed by atoms with Crippen LogP contribution in [0.4, 0.5) is 5.95 Å². The quantitative estimate of drug-likeness (QED) is 0.685. The van der Waals surface area contributed by atoms with Gasteiger partial charge in [-0.25, -0.2) is 9.66 Å². The Balaban J connectivity index is 2.94. The first-order valence-electron chi connectivity index (χ1n) is 3.78. The molecule has 0 fully saturated rings. The number of nitrogen functional groups attached to an aromatic ring is 2. The van der Waals surface area contributed by atoms with Gasteiger partial charge < -0.3 is 11.6 Å². The normalized spacial score (nSPS) is 10.9. The van der Waals surface area contributed by atoms with Crippen LogP contribution in [0.25, 0.3) is 11.0 Å². The van der Waals surface area contributed by atoms with Crippen molar-refractivity contribution in [2.24, 2.45) is 0 Å². The molecular weight excluding hydrogens is 232 g/mol. The van der Waals surface area contributed by atoms with Crippen LogP contribution < -0.4 is 11.6 Å². The summed E-state index contributed by atoms with van der Waals surface area (Å²) in [4.78, 5) is 4.15. The second-order valence-corrected chi connectivity index (χ2v) is 3.85. The average molecular weight is 241 g/mol. The van der Waals surface area contributed by atoms with E-state index in [4.69, 9.17) is 11.6 Å². The molecule has 2 aromatic rings. The van der Waals surface area contributed by atoms with Crippen LogP contribution in [0, 0.1) is 6.92 Å². The largest absolute Gasteiger partial charge is 0.368 e. The van der Waals surface area contributed by atoms with Crippen LogP contribution in [-0.2, 0) is 0 Å². The first kappa shape index (κ1) is 8.37. The van der Waals surface area contributed by atoms with Crippen molar-refractivity contribution < 1.29 is 0 Å². The first-order valence-corrected chi connectivity index (χ1v) is 4.58. The van der Waals surface area contributed by atoms with Gasteiger partial charge in [0, 0.05) is 4.47 Å². The molecule has 1 aromatic carbocycles. The lowest BCUT2D eigenvalue weighted by atomic mass is 10.2. The fourth-order valence-electron chi connectivity index (χ4n) is 1.34. The van der Waals surface area contributed by atoms with Gasteiger partial charge in [-0.15, -0.1) is 0 Å². The molecule has 5 heteroatoms. The fraction of sp³-hybridized carbons (Fsp3) is 0.125. The van der Waals surface area contributed by atoms with Crippen molar-refractivity contribution in [2.75, 3.05) is 11.6 Å². The summed E-state index contributed by atoms with van der Waals surface area (Å²) in [7, 11) is 0. The van der Waals surface area contributed by atoms with Crippen LogP contribution in [0.1, 0.15) is 5.56 Å². The van der Waals surface area contributed by atoms with Crippen LogP contribution >= 0.6 is 15.9 Å². The van der Waals surface area contributed by atoms with Gasteiger partial charge >= 0.3 is 0 Å². The summed E-state index contributed by atoms with van der Waals surface area (Å²) in [5.41, 5.74) is 8.33. The fourth-order valence-corrected chi connectivity index (χ4v) is 1.90. The molecule has 1 aromatic heterocycles. The summed E-state index contributed by atoms with van der Waals surface area (Å²) in [5.74, 6) is 6.01. The minimum atomic E-state index is 0.330.